The van der Waals surface area contributed by atoms with Gasteiger partial charge >= 0.3 is 0 Å². The molecule has 0 aromatic heterocycles. The van der Waals surface area contributed by atoms with E-state index < -0.39 is 10.0 Å². The minimum Gasteiger partial charge on any atom is -0.493 e. The normalized spacial score (nSPS) is 18.0. The van der Waals surface area contributed by atoms with Crippen LogP contribution in [0.2, 0.25) is 0 Å². The lowest BCUT2D eigenvalue weighted by atomic mass is 9.85. The highest BCUT2D eigenvalue weighted by molar-refractivity contribution is 7.92. The van der Waals surface area contributed by atoms with Crippen molar-refractivity contribution in [3.05, 3.63) is 82.9 Å². The van der Waals surface area contributed by atoms with Crippen molar-refractivity contribution >= 4 is 21.6 Å². The average molecular weight is 538 g/mol. The number of benzene rings is 3. The van der Waals surface area contributed by atoms with Crippen LogP contribution in [-0.4, -0.2) is 59.6 Å². The Bertz CT molecular complexity index is 1410. The first-order valence-electron chi connectivity index (χ1n) is 12.5. The topological polar surface area (TPSA) is 97.0 Å². The maximum absolute atomic E-state index is 13.4. The number of hydrogen-bond donors (Lipinski definition) is 2. The monoisotopic (exact) mass is 537 g/mol. The molecule has 0 radical (unpaired) electrons. The molecule has 1 fully saturated rings. The molecule has 1 aliphatic rings. The Hall–Kier alpha value is -3.56. The number of amides is 1. The Morgan fingerprint density at radius 2 is 1.66 bits per heavy atom. The van der Waals surface area contributed by atoms with Crippen molar-refractivity contribution in [1.29, 1.82) is 0 Å². The molecule has 3 aromatic rings. The summed E-state index contributed by atoms with van der Waals surface area (Å²) >= 11 is 0. The van der Waals surface area contributed by atoms with Gasteiger partial charge in [-0.1, -0.05) is 29.8 Å². The number of nitrogens with zero attached hydrogens (tertiary/aromatic N) is 1. The number of methoxy groups -OCH3 is 2. The molecule has 1 aliphatic heterocycles. The molecule has 202 valence electrons. The largest absolute Gasteiger partial charge is 0.493 e. The van der Waals surface area contributed by atoms with Crippen LogP contribution in [0.5, 0.6) is 11.5 Å². The molecular weight excluding hydrogens is 502 g/mol. The lowest BCUT2D eigenvalue weighted by Crippen LogP contribution is -2.48. The molecule has 2 N–H and O–H groups in total. The summed E-state index contributed by atoms with van der Waals surface area (Å²) in [5, 5.41) is 3.20. The van der Waals surface area contributed by atoms with Crippen molar-refractivity contribution in [3.63, 3.8) is 0 Å². The fraction of sp³-hybridized carbons (Fsp3) is 0.345. The fourth-order valence-electron chi connectivity index (χ4n) is 4.75. The molecule has 3 aromatic carbocycles. The number of ether oxygens (including phenoxy) is 2. The summed E-state index contributed by atoms with van der Waals surface area (Å²) in [5.74, 6) is 1.09. The van der Waals surface area contributed by atoms with Crippen molar-refractivity contribution in [2.45, 2.75) is 37.1 Å². The van der Waals surface area contributed by atoms with Crippen molar-refractivity contribution < 1.29 is 22.7 Å². The summed E-state index contributed by atoms with van der Waals surface area (Å²) in [5.41, 5.74) is 3.51. The number of nitrogens with one attached hydrogen (secondary N) is 2. The predicted molar refractivity (Wildman–Crippen MR) is 149 cm³/mol. The van der Waals surface area contributed by atoms with Crippen molar-refractivity contribution in [2.75, 3.05) is 39.1 Å². The molecule has 9 heteroatoms. The van der Waals surface area contributed by atoms with Gasteiger partial charge in [-0.3, -0.25) is 9.52 Å². The zero-order chi connectivity index (χ0) is 27.4. The van der Waals surface area contributed by atoms with Gasteiger partial charge in [-0.2, -0.15) is 0 Å². The van der Waals surface area contributed by atoms with Crippen molar-refractivity contribution in [1.82, 2.24) is 10.2 Å². The van der Waals surface area contributed by atoms with Crippen LogP contribution in [-0.2, 0) is 10.0 Å². The van der Waals surface area contributed by atoms with E-state index in [-0.39, 0.29) is 22.8 Å². The molecule has 1 heterocycles. The molecule has 0 spiro atoms. The Labute approximate surface area is 225 Å². The van der Waals surface area contributed by atoms with E-state index in [2.05, 4.69) is 22.0 Å². The summed E-state index contributed by atoms with van der Waals surface area (Å²) in [4.78, 5) is 15.8. The van der Waals surface area contributed by atoms with Gasteiger partial charge < -0.3 is 19.7 Å². The summed E-state index contributed by atoms with van der Waals surface area (Å²) in [7, 11) is 1.48. The highest BCUT2D eigenvalue weighted by atomic mass is 32.2. The second-order valence-electron chi connectivity index (χ2n) is 9.80. The molecule has 0 saturated carbocycles. The minimum atomic E-state index is -3.79. The van der Waals surface area contributed by atoms with Crippen LogP contribution in [0, 0.1) is 13.8 Å². The Kier molecular flexibility index (Phi) is 8.28. The summed E-state index contributed by atoms with van der Waals surface area (Å²) in [6, 6.07) is 17.5. The number of rotatable bonds is 8. The second kappa shape index (κ2) is 11.4. The van der Waals surface area contributed by atoms with Gasteiger partial charge in [0, 0.05) is 24.1 Å². The van der Waals surface area contributed by atoms with E-state index in [1.54, 1.807) is 63.6 Å². The molecule has 0 aliphatic carbocycles. The molecule has 2 unspecified atom stereocenters. The number of likely N-dealkylation sites (N-methyl/N-ethyl adjacent to an activating group) is 1. The third kappa shape index (κ3) is 6.11. The number of carbonyl (C=O) groups is 1. The van der Waals surface area contributed by atoms with Gasteiger partial charge in [0.15, 0.2) is 11.5 Å². The molecular formula is C29H35N3O5S. The molecule has 8 nitrogen and oxygen atoms in total. The number of anilines is 1. The molecule has 1 saturated heterocycles. The summed E-state index contributed by atoms with van der Waals surface area (Å²) < 4.78 is 39.4. The van der Waals surface area contributed by atoms with Crippen LogP contribution in [0.25, 0.3) is 0 Å². The van der Waals surface area contributed by atoms with Gasteiger partial charge in [-0.25, -0.2) is 8.42 Å². The van der Waals surface area contributed by atoms with Gasteiger partial charge in [0.1, 0.15) is 0 Å². The summed E-state index contributed by atoms with van der Waals surface area (Å²) in [6.45, 7) is 5.33. The van der Waals surface area contributed by atoms with Crippen LogP contribution in [0.15, 0.2) is 65.6 Å². The van der Waals surface area contributed by atoms with Crippen LogP contribution in [0.3, 0.4) is 0 Å². The fourth-order valence-corrected chi connectivity index (χ4v) is 5.88. The zero-order valence-electron chi connectivity index (χ0n) is 22.4. The number of hydrogen-bond acceptors (Lipinski definition) is 6. The van der Waals surface area contributed by atoms with Gasteiger partial charge in [0.25, 0.3) is 15.9 Å². The number of piperidine rings is 1. The molecule has 1 amide bonds. The van der Waals surface area contributed by atoms with E-state index >= 15 is 0 Å². The summed E-state index contributed by atoms with van der Waals surface area (Å²) in [6.07, 6.45) is 0.778. The first-order valence-corrected chi connectivity index (χ1v) is 14.0. The van der Waals surface area contributed by atoms with Crippen molar-refractivity contribution in [3.8, 4) is 11.5 Å². The predicted octanol–water partition coefficient (Wildman–Crippen LogP) is 4.34. The van der Waals surface area contributed by atoms with Gasteiger partial charge in [0.05, 0.1) is 24.8 Å². The number of sulfonamides is 1. The third-order valence-corrected chi connectivity index (χ3v) is 8.42. The standard InChI is InChI=1S/C29H35N3O5S/c1-19-6-11-23(12-7-19)38(34,35)31-26-16-22(9-8-20(26)2)29(33)30-25-14-15-32(3)18-24(25)21-10-13-27(36-4)28(17-21)37-5/h6-13,16-17,24-25,31H,14-15,18H2,1-5H3,(H,30,33). The maximum Gasteiger partial charge on any atom is 0.261 e. The zero-order valence-corrected chi connectivity index (χ0v) is 23.3. The first kappa shape index (κ1) is 27.5. The highest BCUT2D eigenvalue weighted by Gasteiger charge is 2.31. The smallest absolute Gasteiger partial charge is 0.261 e. The molecule has 0 bridgehead atoms. The van der Waals surface area contributed by atoms with E-state index in [1.165, 1.54) is 0 Å². The Morgan fingerprint density at radius 1 is 0.947 bits per heavy atom. The first-order chi connectivity index (χ1) is 18.1. The van der Waals surface area contributed by atoms with Crippen LogP contribution < -0.4 is 19.5 Å². The highest BCUT2D eigenvalue weighted by Crippen LogP contribution is 2.34. The molecule has 4 rings (SSSR count). The quantitative estimate of drug-likeness (QED) is 0.444. The third-order valence-electron chi connectivity index (χ3n) is 7.04. The van der Waals surface area contributed by atoms with Crippen molar-refractivity contribution in [2.24, 2.45) is 0 Å². The maximum atomic E-state index is 13.4. The Balaban J connectivity index is 1.56. The second-order valence-corrected chi connectivity index (χ2v) is 11.5. The molecule has 38 heavy (non-hydrogen) atoms. The van der Waals surface area contributed by atoms with Gasteiger partial charge in [-0.05, 0) is 81.4 Å². The molecule has 2 atom stereocenters. The number of likely N-dealkylation sites (tertiary alicyclic amines) is 1. The van der Waals surface area contributed by atoms with Gasteiger partial charge in [-0.15, -0.1) is 0 Å². The van der Waals surface area contributed by atoms with Crippen LogP contribution in [0.4, 0.5) is 5.69 Å². The number of aryl methyl sites for hydroxylation is 2. The van der Waals surface area contributed by atoms with E-state index in [0.717, 1.165) is 36.2 Å². The lowest BCUT2D eigenvalue weighted by molar-refractivity contribution is 0.0904. The Morgan fingerprint density at radius 3 is 2.34 bits per heavy atom. The lowest BCUT2D eigenvalue weighted by Gasteiger charge is -2.37. The van der Waals surface area contributed by atoms with Crippen LogP contribution >= 0.6 is 0 Å². The van der Waals surface area contributed by atoms with E-state index in [1.807, 2.05) is 25.1 Å². The average Bonchev–Trinajstić information content (AvgIpc) is 2.90. The van der Waals surface area contributed by atoms with Crippen LogP contribution in [0.1, 0.15) is 39.4 Å². The van der Waals surface area contributed by atoms with E-state index in [4.69, 9.17) is 9.47 Å². The van der Waals surface area contributed by atoms with E-state index in [0.29, 0.717) is 22.7 Å². The number of carbonyl (C=O) groups excluding carboxylic acids is 1. The minimum absolute atomic E-state index is 0.0439. The van der Waals surface area contributed by atoms with Gasteiger partial charge in [0.2, 0.25) is 0 Å². The SMILES string of the molecule is COc1ccc(C2CN(C)CCC2NC(=O)c2ccc(C)c(NS(=O)(=O)c3ccc(C)cc3)c2)cc1OC. The van der Waals surface area contributed by atoms with E-state index in [9.17, 15) is 13.2 Å².